The Labute approximate surface area is 129 Å². The van der Waals surface area contributed by atoms with Gasteiger partial charge in [0.1, 0.15) is 5.78 Å². The number of ketones is 1. The van der Waals surface area contributed by atoms with E-state index in [1.54, 1.807) is 0 Å². The van der Waals surface area contributed by atoms with Gasteiger partial charge in [-0.3, -0.25) is 9.59 Å². The molecule has 2 unspecified atom stereocenters. The summed E-state index contributed by atoms with van der Waals surface area (Å²) in [5, 5.41) is 0. The first-order chi connectivity index (χ1) is 10.1. The summed E-state index contributed by atoms with van der Waals surface area (Å²) in [5.41, 5.74) is 0. The third-order valence-electron chi connectivity index (χ3n) is 3.89. The Hall–Kier alpha value is -1.07. The molecule has 0 amide bonds. The number of hydrogen-bond donors (Lipinski definition) is 0. The van der Waals surface area contributed by atoms with E-state index in [9.17, 15) is 22.8 Å². The van der Waals surface area contributed by atoms with Crippen molar-refractivity contribution in [3.8, 4) is 0 Å². The number of hydrogen-bond acceptors (Lipinski definition) is 3. The van der Waals surface area contributed by atoms with E-state index in [0.29, 0.717) is 12.3 Å². The van der Waals surface area contributed by atoms with Crippen molar-refractivity contribution in [1.29, 1.82) is 0 Å². The molecule has 1 aliphatic carbocycles. The highest BCUT2D eigenvalue weighted by atomic mass is 19.4. The number of halogens is 3. The highest BCUT2D eigenvalue weighted by Gasteiger charge is 2.39. The Morgan fingerprint density at radius 1 is 1.18 bits per heavy atom. The minimum atomic E-state index is -4.32. The van der Waals surface area contributed by atoms with Gasteiger partial charge in [-0.15, -0.1) is 0 Å². The summed E-state index contributed by atoms with van der Waals surface area (Å²) < 4.78 is 42.5. The molecule has 0 radical (unpaired) electrons. The second-order valence-corrected chi connectivity index (χ2v) is 6.68. The van der Waals surface area contributed by atoms with Gasteiger partial charge in [-0.1, -0.05) is 26.7 Å². The molecule has 2 atom stereocenters. The predicted molar refractivity (Wildman–Crippen MR) is 76.1 cm³/mol. The SMILES string of the molecule is CC(=O)C(CCC(F)(F)F)C(CC1CC1)C(=O)OCC(C)C. The van der Waals surface area contributed by atoms with Gasteiger partial charge in [0.25, 0.3) is 0 Å². The van der Waals surface area contributed by atoms with Crippen LogP contribution in [0.3, 0.4) is 0 Å². The first-order valence-corrected chi connectivity index (χ1v) is 7.84. The van der Waals surface area contributed by atoms with Crippen LogP contribution in [-0.2, 0) is 14.3 Å². The first-order valence-electron chi connectivity index (χ1n) is 7.84. The molecule has 22 heavy (non-hydrogen) atoms. The summed E-state index contributed by atoms with van der Waals surface area (Å²) in [7, 11) is 0. The minimum absolute atomic E-state index is 0.150. The van der Waals surface area contributed by atoms with E-state index in [1.807, 2.05) is 13.8 Å². The fraction of sp³-hybridized carbons (Fsp3) is 0.875. The second kappa shape index (κ2) is 7.97. The second-order valence-electron chi connectivity index (χ2n) is 6.68. The zero-order chi connectivity index (χ0) is 16.9. The van der Waals surface area contributed by atoms with Crippen molar-refractivity contribution in [3.05, 3.63) is 0 Å². The summed E-state index contributed by atoms with van der Waals surface area (Å²) in [4.78, 5) is 24.0. The van der Waals surface area contributed by atoms with Crippen molar-refractivity contribution >= 4 is 11.8 Å². The van der Waals surface area contributed by atoms with Gasteiger partial charge >= 0.3 is 12.1 Å². The molecule has 6 heteroatoms. The molecule has 0 saturated heterocycles. The molecule has 0 N–H and O–H groups in total. The van der Waals surface area contributed by atoms with Crippen molar-refractivity contribution in [1.82, 2.24) is 0 Å². The molecule has 1 fully saturated rings. The molecule has 1 rings (SSSR count). The zero-order valence-electron chi connectivity index (χ0n) is 13.4. The lowest BCUT2D eigenvalue weighted by molar-refractivity contribution is -0.158. The first kappa shape index (κ1) is 19.0. The molecule has 3 nitrogen and oxygen atoms in total. The van der Waals surface area contributed by atoms with Crippen molar-refractivity contribution in [2.24, 2.45) is 23.7 Å². The van der Waals surface area contributed by atoms with Gasteiger partial charge in [0, 0.05) is 12.3 Å². The van der Waals surface area contributed by atoms with E-state index in [-0.39, 0.29) is 24.7 Å². The van der Waals surface area contributed by atoms with Gasteiger partial charge in [-0.25, -0.2) is 0 Å². The lowest BCUT2D eigenvalue weighted by Gasteiger charge is -2.24. The number of carbonyl (C=O) groups is 2. The third kappa shape index (κ3) is 7.27. The van der Waals surface area contributed by atoms with E-state index >= 15 is 0 Å². The average molecular weight is 322 g/mol. The predicted octanol–water partition coefficient (Wildman–Crippen LogP) is 4.15. The van der Waals surface area contributed by atoms with Crippen molar-refractivity contribution in [2.75, 3.05) is 6.61 Å². The minimum Gasteiger partial charge on any atom is -0.465 e. The smallest absolute Gasteiger partial charge is 0.389 e. The quantitative estimate of drug-likeness (QED) is 0.599. The molecule has 0 heterocycles. The van der Waals surface area contributed by atoms with E-state index in [1.165, 1.54) is 6.92 Å². The van der Waals surface area contributed by atoms with Crippen LogP contribution in [0.5, 0.6) is 0 Å². The van der Waals surface area contributed by atoms with Crippen LogP contribution in [0.25, 0.3) is 0 Å². The number of ether oxygens (including phenoxy) is 1. The number of esters is 1. The average Bonchev–Trinajstić information content (AvgIpc) is 3.16. The molecule has 0 spiro atoms. The van der Waals surface area contributed by atoms with Crippen molar-refractivity contribution in [2.45, 2.75) is 59.1 Å². The summed E-state index contributed by atoms with van der Waals surface area (Å²) >= 11 is 0. The number of alkyl halides is 3. The zero-order valence-corrected chi connectivity index (χ0v) is 13.4. The summed E-state index contributed by atoms with van der Waals surface area (Å²) in [6.45, 7) is 5.26. The number of rotatable bonds is 9. The van der Waals surface area contributed by atoms with Crippen molar-refractivity contribution < 1.29 is 27.5 Å². The van der Waals surface area contributed by atoms with Gasteiger partial charge in [0.15, 0.2) is 0 Å². The maximum absolute atomic E-state index is 12.4. The summed E-state index contributed by atoms with van der Waals surface area (Å²) in [6, 6.07) is 0. The van der Waals surface area contributed by atoms with Crippen LogP contribution in [-0.4, -0.2) is 24.5 Å². The summed E-state index contributed by atoms with van der Waals surface area (Å²) in [6.07, 6.45) is -3.31. The monoisotopic (exact) mass is 322 g/mol. The molecule has 0 aromatic carbocycles. The van der Waals surface area contributed by atoms with Crippen LogP contribution in [0.15, 0.2) is 0 Å². The van der Waals surface area contributed by atoms with Crippen LogP contribution < -0.4 is 0 Å². The molecule has 1 saturated carbocycles. The highest BCUT2D eigenvalue weighted by Crippen LogP contribution is 2.40. The maximum Gasteiger partial charge on any atom is 0.389 e. The van der Waals surface area contributed by atoms with Crippen LogP contribution in [0.4, 0.5) is 13.2 Å². The molecule has 0 aromatic heterocycles. The fourth-order valence-electron chi connectivity index (χ4n) is 2.50. The fourth-order valence-corrected chi connectivity index (χ4v) is 2.50. The van der Waals surface area contributed by atoms with Gasteiger partial charge < -0.3 is 4.74 Å². The van der Waals surface area contributed by atoms with Crippen LogP contribution in [0.2, 0.25) is 0 Å². The molecule has 0 aliphatic heterocycles. The Morgan fingerprint density at radius 3 is 2.18 bits per heavy atom. The Bertz CT molecular complexity index is 387. The Kier molecular flexibility index (Phi) is 6.88. The Balaban J connectivity index is 2.74. The third-order valence-corrected chi connectivity index (χ3v) is 3.89. The van der Waals surface area contributed by atoms with Gasteiger partial charge in [-0.2, -0.15) is 13.2 Å². The van der Waals surface area contributed by atoms with E-state index < -0.39 is 30.4 Å². The van der Waals surface area contributed by atoms with E-state index in [2.05, 4.69) is 0 Å². The van der Waals surface area contributed by atoms with Crippen LogP contribution >= 0.6 is 0 Å². The molecular formula is C16H25F3O3. The molecule has 128 valence electrons. The highest BCUT2D eigenvalue weighted by molar-refractivity contribution is 5.85. The molecule has 0 aromatic rings. The molecular weight excluding hydrogens is 297 g/mol. The lowest BCUT2D eigenvalue weighted by Crippen LogP contribution is -2.32. The van der Waals surface area contributed by atoms with Crippen molar-refractivity contribution in [3.63, 3.8) is 0 Å². The molecule has 0 bridgehead atoms. The van der Waals surface area contributed by atoms with Gasteiger partial charge in [0.05, 0.1) is 12.5 Å². The van der Waals surface area contributed by atoms with Crippen LogP contribution in [0, 0.1) is 23.7 Å². The van der Waals surface area contributed by atoms with Crippen LogP contribution in [0.1, 0.15) is 52.9 Å². The number of Topliss-reactive ketones (excluding diaryl/α,β-unsaturated/α-hetero) is 1. The maximum atomic E-state index is 12.4. The van der Waals surface area contributed by atoms with E-state index in [4.69, 9.17) is 4.74 Å². The topological polar surface area (TPSA) is 43.4 Å². The number of carbonyl (C=O) groups excluding carboxylic acids is 2. The standard InChI is InChI=1S/C16H25F3O3/c1-10(2)9-22-15(21)14(8-12-4-5-12)13(11(3)20)6-7-16(17,18)19/h10,12-14H,4-9H2,1-3H3. The lowest BCUT2D eigenvalue weighted by atomic mass is 9.82. The summed E-state index contributed by atoms with van der Waals surface area (Å²) in [5.74, 6) is -2.05. The largest absolute Gasteiger partial charge is 0.465 e. The van der Waals surface area contributed by atoms with Gasteiger partial charge in [0.2, 0.25) is 0 Å². The van der Waals surface area contributed by atoms with E-state index in [0.717, 1.165) is 12.8 Å². The Morgan fingerprint density at radius 2 is 1.77 bits per heavy atom. The van der Waals surface area contributed by atoms with Gasteiger partial charge in [-0.05, 0) is 31.6 Å². The molecule has 1 aliphatic rings. The normalized spacial score (nSPS) is 18.1.